The molecule has 90 valence electrons. The Bertz CT molecular complexity index is 316. The van der Waals surface area contributed by atoms with E-state index in [4.69, 9.17) is 5.73 Å². The van der Waals surface area contributed by atoms with Crippen molar-refractivity contribution in [3.05, 3.63) is 35.9 Å². The van der Waals surface area contributed by atoms with Gasteiger partial charge in [0, 0.05) is 13.6 Å². The number of benzene rings is 1. The first kappa shape index (κ1) is 14.9. The van der Waals surface area contributed by atoms with Crippen LogP contribution in [-0.4, -0.2) is 30.4 Å². The largest absolute Gasteiger partial charge is 0.345 e. The molecule has 0 aromatic heterocycles. The topological polar surface area (TPSA) is 46.3 Å². The summed E-state index contributed by atoms with van der Waals surface area (Å²) in [6.07, 6.45) is 0.601. The molecule has 1 atom stereocenters. The zero-order valence-corrected chi connectivity index (χ0v) is 10.5. The summed E-state index contributed by atoms with van der Waals surface area (Å²) in [4.78, 5) is 13.3. The number of halogens is 1. The van der Waals surface area contributed by atoms with Gasteiger partial charge in [-0.3, -0.25) is 4.79 Å². The number of hydrogen-bond acceptors (Lipinski definition) is 2. The minimum absolute atomic E-state index is 0. The van der Waals surface area contributed by atoms with Crippen LogP contribution in [0.15, 0.2) is 30.3 Å². The molecule has 0 saturated carbocycles. The maximum absolute atomic E-state index is 11.7. The molecule has 0 spiro atoms. The zero-order valence-electron chi connectivity index (χ0n) is 9.72. The summed E-state index contributed by atoms with van der Waals surface area (Å²) in [6.45, 7) is 2.63. The number of carbonyl (C=O) groups is 1. The monoisotopic (exact) mass is 242 g/mol. The van der Waals surface area contributed by atoms with E-state index in [1.54, 1.807) is 11.9 Å². The van der Waals surface area contributed by atoms with Crippen LogP contribution in [-0.2, 0) is 11.2 Å². The average molecular weight is 243 g/mol. The molecule has 2 N–H and O–H groups in total. The Morgan fingerprint density at radius 3 is 2.44 bits per heavy atom. The third-order valence-corrected chi connectivity index (χ3v) is 2.47. The lowest BCUT2D eigenvalue weighted by Crippen LogP contribution is -2.42. The lowest BCUT2D eigenvalue weighted by atomic mass is 10.1. The van der Waals surface area contributed by atoms with Gasteiger partial charge in [0.25, 0.3) is 0 Å². The van der Waals surface area contributed by atoms with Crippen molar-refractivity contribution in [3.63, 3.8) is 0 Å². The SMILES string of the molecule is CCN(C)C(=O)[C@@H](N)Cc1ccccc1.Cl. The molecule has 0 aliphatic rings. The van der Waals surface area contributed by atoms with E-state index in [0.717, 1.165) is 5.56 Å². The Balaban J connectivity index is 0.00000225. The standard InChI is InChI=1S/C12H18N2O.ClH/c1-3-14(2)12(15)11(13)9-10-7-5-4-6-8-10;/h4-8,11H,3,9,13H2,1-2H3;1H/t11-;/m0./s1. The van der Waals surface area contributed by atoms with Crippen LogP contribution in [0, 0.1) is 0 Å². The summed E-state index contributed by atoms with van der Waals surface area (Å²) in [5, 5.41) is 0. The third-order valence-electron chi connectivity index (χ3n) is 2.47. The molecule has 0 aliphatic heterocycles. The van der Waals surface area contributed by atoms with Crippen molar-refractivity contribution in [2.45, 2.75) is 19.4 Å². The van der Waals surface area contributed by atoms with E-state index in [1.165, 1.54) is 0 Å². The summed E-state index contributed by atoms with van der Waals surface area (Å²) >= 11 is 0. The molecule has 0 bridgehead atoms. The van der Waals surface area contributed by atoms with Gasteiger partial charge in [-0.05, 0) is 18.9 Å². The molecule has 1 rings (SSSR count). The number of rotatable bonds is 4. The maximum Gasteiger partial charge on any atom is 0.239 e. The first-order valence-electron chi connectivity index (χ1n) is 5.19. The molecule has 16 heavy (non-hydrogen) atoms. The van der Waals surface area contributed by atoms with Crippen molar-refractivity contribution >= 4 is 18.3 Å². The molecule has 4 heteroatoms. The fraction of sp³-hybridized carbons (Fsp3) is 0.417. The highest BCUT2D eigenvalue weighted by atomic mass is 35.5. The van der Waals surface area contributed by atoms with Crippen LogP contribution in [0.2, 0.25) is 0 Å². The van der Waals surface area contributed by atoms with Crippen LogP contribution in [0.25, 0.3) is 0 Å². The van der Waals surface area contributed by atoms with Gasteiger partial charge in [-0.25, -0.2) is 0 Å². The van der Waals surface area contributed by atoms with Crippen LogP contribution in [0.3, 0.4) is 0 Å². The highest BCUT2D eigenvalue weighted by Gasteiger charge is 2.16. The average Bonchev–Trinajstić information content (AvgIpc) is 2.28. The van der Waals surface area contributed by atoms with E-state index >= 15 is 0 Å². The minimum Gasteiger partial charge on any atom is -0.345 e. The maximum atomic E-state index is 11.7. The molecule has 3 nitrogen and oxygen atoms in total. The lowest BCUT2D eigenvalue weighted by Gasteiger charge is -2.19. The van der Waals surface area contributed by atoms with Gasteiger partial charge < -0.3 is 10.6 Å². The van der Waals surface area contributed by atoms with E-state index in [2.05, 4.69) is 0 Å². The van der Waals surface area contributed by atoms with Gasteiger partial charge in [0.1, 0.15) is 0 Å². The van der Waals surface area contributed by atoms with Crippen LogP contribution < -0.4 is 5.73 Å². The van der Waals surface area contributed by atoms with Gasteiger partial charge in [0.15, 0.2) is 0 Å². The normalized spacial score (nSPS) is 11.4. The second-order valence-electron chi connectivity index (χ2n) is 3.65. The highest BCUT2D eigenvalue weighted by Crippen LogP contribution is 2.03. The quantitative estimate of drug-likeness (QED) is 0.869. The second kappa shape index (κ2) is 7.25. The molecule has 1 aromatic carbocycles. The summed E-state index contributed by atoms with van der Waals surface area (Å²) in [6, 6.07) is 9.40. The van der Waals surface area contributed by atoms with E-state index in [9.17, 15) is 4.79 Å². The van der Waals surface area contributed by atoms with E-state index < -0.39 is 6.04 Å². The number of amides is 1. The number of hydrogen-bond donors (Lipinski definition) is 1. The predicted molar refractivity (Wildman–Crippen MR) is 68.7 cm³/mol. The third kappa shape index (κ3) is 4.21. The smallest absolute Gasteiger partial charge is 0.239 e. The van der Waals surface area contributed by atoms with E-state index in [-0.39, 0.29) is 18.3 Å². The number of nitrogens with two attached hydrogens (primary N) is 1. The van der Waals surface area contributed by atoms with Crippen molar-refractivity contribution in [1.82, 2.24) is 4.90 Å². The fourth-order valence-electron chi connectivity index (χ4n) is 1.39. The molecule has 0 unspecified atom stereocenters. The summed E-state index contributed by atoms with van der Waals surface area (Å²) in [5.74, 6) is 0.00125. The fourth-order valence-corrected chi connectivity index (χ4v) is 1.39. The van der Waals surface area contributed by atoms with E-state index in [1.807, 2.05) is 37.3 Å². The molecule has 0 aliphatic carbocycles. The summed E-state index contributed by atoms with van der Waals surface area (Å²) < 4.78 is 0. The van der Waals surface area contributed by atoms with Crippen LogP contribution in [0.1, 0.15) is 12.5 Å². The van der Waals surface area contributed by atoms with Gasteiger partial charge in [-0.2, -0.15) is 0 Å². The minimum atomic E-state index is -0.433. The first-order chi connectivity index (χ1) is 7.15. The molecule has 1 aromatic rings. The van der Waals surface area contributed by atoms with Gasteiger partial charge in [0.2, 0.25) is 5.91 Å². The highest BCUT2D eigenvalue weighted by molar-refractivity contribution is 5.85. The first-order valence-corrected chi connectivity index (χ1v) is 5.19. The van der Waals surface area contributed by atoms with Crippen molar-refractivity contribution in [1.29, 1.82) is 0 Å². The molecule has 0 saturated heterocycles. The number of likely N-dealkylation sites (N-methyl/N-ethyl adjacent to an activating group) is 1. The predicted octanol–water partition coefficient (Wildman–Crippen LogP) is 1.46. The number of carbonyl (C=O) groups excluding carboxylic acids is 1. The Labute approximate surface area is 103 Å². The van der Waals surface area contributed by atoms with Crippen molar-refractivity contribution in [2.24, 2.45) is 5.73 Å². The molecule has 0 heterocycles. The van der Waals surface area contributed by atoms with Crippen molar-refractivity contribution in [2.75, 3.05) is 13.6 Å². The lowest BCUT2D eigenvalue weighted by molar-refractivity contribution is -0.131. The summed E-state index contributed by atoms with van der Waals surface area (Å²) in [5.41, 5.74) is 6.93. The molecular formula is C12H19ClN2O. The molecule has 0 radical (unpaired) electrons. The Morgan fingerprint density at radius 1 is 1.38 bits per heavy atom. The Kier molecular flexibility index (Phi) is 6.77. The van der Waals surface area contributed by atoms with Crippen LogP contribution in [0.5, 0.6) is 0 Å². The number of nitrogens with zero attached hydrogens (tertiary/aromatic N) is 1. The van der Waals surface area contributed by atoms with Crippen LogP contribution >= 0.6 is 12.4 Å². The Hall–Kier alpha value is -1.06. The molecule has 0 fully saturated rings. The molecular weight excluding hydrogens is 224 g/mol. The van der Waals surface area contributed by atoms with Gasteiger partial charge in [0.05, 0.1) is 6.04 Å². The Morgan fingerprint density at radius 2 is 1.94 bits per heavy atom. The molecule has 1 amide bonds. The summed E-state index contributed by atoms with van der Waals surface area (Å²) in [7, 11) is 1.77. The van der Waals surface area contributed by atoms with Gasteiger partial charge in [-0.15, -0.1) is 12.4 Å². The van der Waals surface area contributed by atoms with Gasteiger partial charge in [-0.1, -0.05) is 30.3 Å². The van der Waals surface area contributed by atoms with Crippen molar-refractivity contribution in [3.8, 4) is 0 Å². The van der Waals surface area contributed by atoms with Gasteiger partial charge >= 0.3 is 0 Å². The van der Waals surface area contributed by atoms with Crippen molar-refractivity contribution < 1.29 is 4.79 Å². The van der Waals surface area contributed by atoms with Crippen LogP contribution in [0.4, 0.5) is 0 Å². The zero-order chi connectivity index (χ0) is 11.3. The second-order valence-corrected chi connectivity index (χ2v) is 3.65. The van der Waals surface area contributed by atoms with E-state index in [0.29, 0.717) is 13.0 Å².